The predicted octanol–water partition coefficient (Wildman–Crippen LogP) is 4.24. The van der Waals surface area contributed by atoms with Crippen molar-refractivity contribution >= 4 is 11.6 Å². The molecule has 0 amide bonds. The van der Waals surface area contributed by atoms with Gasteiger partial charge in [0.2, 0.25) is 0 Å². The molecule has 0 radical (unpaired) electrons. The molecule has 1 N–H and O–H groups in total. The van der Waals surface area contributed by atoms with E-state index in [1.807, 2.05) is 50.2 Å². The molecule has 0 spiro atoms. The molecule has 0 aliphatic heterocycles. The van der Waals surface area contributed by atoms with Crippen LogP contribution in [0.4, 0.5) is 0 Å². The molecule has 0 saturated heterocycles. The summed E-state index contributed by atoms with van der Waals surface area (Å²) >= 11 is 6.14. The van der Waals surface area contributed by atoms with Crippen molar-refractivity contribution < 1.29 is 9.84 Å². The zero-order valence-corrected chi connectivity index (χ0v) is 12.7. The normalized spacial score (nSPS) is 12.2. The van der Waals surface area contributed by atoms with Gasteiger partial charge in [-0.05, 0) is 54.3 Å². The van der Waals surface area contributed by atoms with Gasteiger partial charge in [-0.3, -0.25) is 0 Å². The van der Waals surface area contributed by atoms with Crippen LogP contribution in [0.25, 0.3) is 0 Å². The molecule has 20 heavy (non-hydrogen) atoms. The van der Waals surface area contributed by atoms with E-state index in [-0.39, 0.29) is 0 Å². The number of aliphatic hydroxyl groups excluding tert-OH is 1. The lowest BCUT2D eigenvalue weighted by atomic mass is 9.95. The minimum Gasteiger partial charge on any atom is -0.496 e. The lowest BCUT2D eigenvalue weighted by molar-refractivity contribution is 0.177. The van der Waals surface area contributed by atoms with Gasteiger partial charge in [-0.2, -0.15) is 0 Å². The number of ether oxygens (including phenoxy) is 1. The van der Waals surface area contributed by atoms with Gasteiger partial charge in [0.25, 0.3) is 0 Å². The second kappa shape index (κ2) is 6.29. The van der Waals surface area contributed by atoms with Crippen LogP contribution >= 0.6 is 11.6 Å². The first-order chi connectivity index (χ1) is 9.52. The fourth-order valence-electron chi connectivity index (χ4n) is 2.37. The number of aryl methyl sites for hydroxylation is 2. The van der Waals surface area contributed by atoms with Crippen molar-refractivity contribution in [3.63, 3.8) is 0 Å². The Morgan fingerprint density at radius 2 is 1.85 bits per heavy atom. The number of aliphatic hydroxyl groups is 1. The molecule has 0 heterocycles. The van der Waals surface area contributed by atoms with Crippen LogP contribution in [0.1, 0.15) is 28.4 Å². The molecule has 0 bridgehead atoms. The number of methoxy groups -OCH3 is 1. The summed E-state index contributed by atoms with van der Waals surface area (Å²) in [5, 5.41) is 11.2. The Labute approximate surface area is 125 Å². The minimum atomic E-state index is -0.570. The van der Waals surface area contributed by atoms with Crippen molar-refractivity contribution in [1.29, 1.82) is 0 Å². The Morgan fingerprint density at radius 3 is 2.50 bits per heavy atom. The molecule has 106 valence electrons. The first-order valence-electron chi connectivity index (χ1n) is 6.59. The van der Waals surface area contributed by atoms with Crippen molar-refractivity contribution in [2.24, 2.45) is 0 Å². The first kappa shape index (κ1) is 14.9. The molecule has 0 saturated carbocycles. The van der Waals surface area contributed by atoms with E-state index in [4.69, 9.17) is 16.3 Å². The third-order valence-electron chi connectivity index (χ3n) is 3.51. The summed E-state index contributed by atoms with van der Waals surface area (Å²) in [7, 11) is 1.65. The van der Waals surface area contributed by atoms with Crippen LogP contribution in [0.2, 0.25) is 5.02 Å². The molecule has 0 aliphatic rings. The molecule has 1 atom stereocenters. The monoisotopic (exact) mass is 290 g/mol. The molecule has 0 aliphatic carbocycles. The Bertz CT molecular complexity index is 608. The summed E-state index contributed by atoms with van der Waals surface area (Å²) in [6.07, 6.45) is -0.0637. The van der Waals surface area contributed by atoms with E-state index >= 15 is 0 Å². The highest BCUT2D eigenvalue weighted by atomic mass is 35.5. The smallest absolute Gasteiger partial charge is 0.122 e. The summed E-state index contributed by atoms with van der Waals surface area (Å²) in [5.74, 6) is 0.844. The van der Waals surface area contributed by atoms with Crippen molar-refractivity contribution in [2.45, 2.75) is 26.4 Å². The Balaban J connectivity index is 2.28. The van der Waals surface area contributed by atoms with E-state index in [0.717, 1.165) is 28.0 Å². The Morgan fingerprint density at radius 1 is 1.15 bits per heavy atom. The largest absolute Gasteiger partial charge is 0.496 e. The van der Waals surface area contributed by atoms with Crippen molar-refractivity contribution in [1.82, 2.24) is 0 Å². The molecule has 3 heteroatoms. The highest BCUT2D eigenvalue weighted by Gasteiger charge is 2.15. The van der Waals surface area contributed by atoms with Gasteiger partial charge in [-0.1, -0.05) is 29.8 Å². The van der Waals surface area contributed by atoms with Crippen LogP contribution in [0.3, 0.4) is 0 Å². The van der Waals surface area contributed by atoms with Gasteiger partial charge in [-0.15, -0.1) is 0 Å². The summed E-state index contributed by atoms with van der Waals surface area (Å²) < 4.78 is 5.30. The number of benzene rings is 2. The van der Waals surface area contributed by atoms with Crippen LogP contribution < -0.4 is 4.74 Å². The molecule has 2 aromatic carbocycles. The summed E-state index contributed by atoms with van der Waals surface area (Å²) in [5.41, 5.74) is 3.91. The molecule has 0 aromatic heterocycles. The fourth-order valence-corrected chi connectivity index (χ4v) is 2.59. The standard InChI is InChI=1S/C17H19ClO2/c1-11-9-17(20-3)12(2)8-14(11)16(19)10-13-6-4-5-7-15(13)18/h4-9,16,19H,10H2,1-3H3. The van der Waals surface area contributed by atoms with Gasteiger partial charge < -0.3 is 9.84 Å². The first-order valence-corrected chi connectivity index (χ1v) is 6.97. The van der Waals surface area contributed by atoms with Crippen molar-refractivity contribution in [2.75, 3.05) is 7.11 Å². The second-order valence-electron chi connectivity index (χ2n) is 4.99. The van der Waals surface area contributed by atoms with Crippen molar-refractivity contribution in [3.05, 3.63) is 63.7 Å². The van der Waals surface area contributed by atoms with Gasteiger partial charge in [0.15, 0.2) is 0 Å². The van der Waals surface area contributed by atoms with Gasteiger partial charge in [0.05, 0.1) is 13.2 Å². The molecule has 2 nitrogen and oxygen atoms in total. The highest BCUT2D eigenvalue weighted by molar-refractivity contribution is 6.31. The molecule has 2 aromatic rings. The topological polar surface area (TPSA) is 29.5 Å². The van der Waals surface area contributed by atoms with E-state index in [9.17, 15) is 5.11 Å². The predicted molar refractivity (Wildman–Crippen MR) is 82.6 cm³/mol. The SMILES string of the molecule is COc1cc(C)c(C(O)Cc2ccccc2Cl)cc1C. The molecule has 2 rings (SSSR count). The minimum absolute atomic E-state index is 0.506. The van der Waals surface area contributed by atoms with Crippen LogP contribution in [0.5, 0.6) is 5.75 Å². The molecular weight excluding hydrogens is 272 g/mol. The molecule has 1 unspecified atom stereocenters. The van der Waals surface area contributed by atoms with E-state index in [0.29, 0.717) is 11.4 Å². The number of hydrogen-bond donors (Lipinski definition) is 1. The molecular formula is C17H19ClO2. The lowest BCUT2D eigenvalue weighted by Crippen LogP contribution is -2.05. The average molecular weight is 291 g/mol. The third kappa shape index (κ3) is 3.14. The van der Waals surface area contributed by atoms with Crippen LogP contribution in [0.15, 0.2) is 36.4 Å². The van der Waals surface area contributed by atoms with E-state index in [1.165, 1.54) is 0 Å². The average Bonchev–Trinajstić information content (AvgIpc) is 2.43. The van der Waals surface area contributed by atoms with Gasteiger partial charge >= 0.3 is 0 Å². The van der Waals surface area contributed by atoms with Crippen molar-refractivity contribution in [3.8, 4) is 5.75 Å². The summed E-state index contributed by atoms with van der Waals surface area (Å²) in [6, 6.07) is 11.5. The number of hydrogen-bond acceptors (Lipinski definition) is 2. The van der Waals surface area contributed by atoms with Gasteiger partial charge in [0.1, 0.15) is 5.75 Å². The second-order valence-corrected chi connectivity index (χ2v) is 5.40. The zero-order valence-electron chi connectivity index (χ0n) is 12.0. The van der Waals surface area contributed by atoms with E-state index in [2.05, 4.69) is 0 Å². The fraction of sp³-hybridized carbons (Fsp3) is 0.294. The van der Waals surface area contributed by atoms with Crippen LogP contribution in [-0.2, 0) is 6.42 Å². The maximum atomic E-state index is 10.5. The van der Waals surface area contributed by atoms with E-state index < -0.39 is 6.10 Å². The van der Waals surface area contributed by atoms with Crippen LogP contribution in [-0.4, -0.2) is 12.2 Å². The summed E-state index contributed by atoms with van der Waals surface area (Å²) in [4.78, 5) is 0. The zero-order chi connectivity index (χ0) is 14.7. The Hall–Kier alpha value is -1.51. The summed E-state index contributed by atoms with van der Waals surface area (Å²) in [6.45, 7) is 3.96. The maximum absolute atomic E-state index is 10.5. The third-order valence-corrected chi connectivity index (χ3v) is 3.88. The molecule has 0 fully saturated rings. The number of halogens is 1. The Kier molecular flexibility index (Phi) is 4.69. The van der Waals surface area contributed by atoms with E-state index in [1.54, 1.807) is 7.11 Å². The number of rotatable bonds is 4. The maximum Gasteiger partial charge on any atom is 0.122 e. The highest BCUT2D eigenvalue weighted by Crippen LogP contribution is 2.29. The lowest BCUT2D eigenvalue weighted by Gasteiger charge is -2.17. The van der Waals surface area contributed by atoms with Gasteiger partial charge in [0, 0.05) is 11.4 Å². The quantitative estimate of drug-likeness (QED) is 0.912. The van der Waals surface area contributed by atoms with Gasteiger partial charge in [-0.25, -0.2) is 0 Å². The van der Waals surface area contributed by atoms with Crippen LogP contribution in [0, 0.1) is 13.8 Å².